The number of rotatable bonds is 4. The molecule has 2 aromatic rings. The van der Waals surface area contributed by atoms with Crippen molar-refractivity contribution in [2.75, 3.05) is 18.9 Å². The Morgan fingerprint density at radius 1 is 1.38 bits per heavy atom. The summed E-state index contributed by atoms with van der Waals surface area (Å²) in [5.41, 5.74) is 6.55. The second kappa shape index (κ2) is 6.71. The van der Waals surface area contributed by atoms with Crippen LogP contribution in [0.3, 0.4) is 0 Å². The molecule has 0 aliphatic heterocycles. The molecule has 0 spiro atoms. The third kappa shape index (κ3) is 3.41. The normalized spacial score (nSPS) is 10.4. The fraction of sp³-hybridized carbons (Fsp3) is 0.154. The molecule has 0 bridgehead atoms. The SMILES string of the molecule is Nc1ncc(-c2cccc(Cl)c2Cl)nc1C(=O)NCCO. The molecule has 0 saturated carbocycles. The van der Waals surface area contributed by atoms with Gasteiger partial charge in [-0.25, -0.2) is 9.97 Å². The second-order valence-electron chi connectivity index (χ2n) is 4.07. The zero-order valence-electron chi connectivity index (χ0n) is 10.8. The Morgan fingerprint density at radius 2 is 2.14 bits per heavy atom. The number of nitrogens with zero attached hydrogens (tertiary/aromatic N) is 2. The molecule has 0 unspecified atom stereocenters. The summed E-state index contributed by atoms with van der Waals surface area (Å²) in [7, 11) is 0. The molecule has 4 N–H and O–H groups in total. The third-order valence-corrected chi connectivity index (χ3v) is 3.46. The van der Waals surface area contributed by atoms with E-state index in [1.807, 2.05) is 0 Å². The average Bonchev–Trinajstić information content (AvgIpc) is 2.48. The lowest BCUT2D eigenvalue weighted by Gasteiger charge is -2.09. The standard InChI is InChI=1S/C13H12Cl2N4O2/c14-8-3-1-2-7(10(8)15)9-6-18-12(16)11(19-9)13(21)17-4-5-20/h1-3,6,20H,4-5H2,(H2,16,18)(H,17,21). The molecule has 21 heavy (non-hydrogen) atoms. The van der Waals surface area contributed by atoms with Gasteiger partial charge in [0.2, 0.25) is 0 Å². The van der Waals surface area contributed by atoms with Gasteiger partial charge in [0.05, 0.1) is 28.5 Å². The van der Waals surface area contributed by atoms with Gasteiger partial charge >= 0.3 is 0 Å². The maximum Gasteiger partial charge on any atom is 0.273 e. The fourth-order valence-corrected chi connectivity index (χ4v) is 2.05. The van der Waals surface area contributed by atoms with Crippen LogP contribution < -0.4 is 11.1 Å². The van der Waals surface area contributed by atoms with Crippen LogP contribution in [0.15, 0.2) is 24.4 Å². The van der Waals surface area contributed by atoms with Gasteiger partial charge in [0.15, 0.2) is 11.5 Å². The van der Waals surface area contributed by atoms with Crippen LogP contribution in [0.25, 0.3) is 11.3 Å². The Labute approximate surface area is 130 Å². The Kier molecular flexibility index (Phi) is 4.95. The zero-order valence-corrected chi connectivity index (χ0v) is 12.3. The summed E-state index contributed by atoms with van der Waals surface area (Å²) < 4.78 is 0. The highest BCUT2D eigenvalue weighted by Gasteiger charge is 2.16. The van der Waals surface area contributed by atoms with E-state index < -0.39 is 5.91 Å². The molecule has 1 heterocycles. The summed E-state index contributed by atoms with van der Waals surface area (Å²) in [4.78, 5) is 20.0. The molecule has 6 nitrogen and oxygen atoms in total. The Bertz CT molecular complexity index is 679. The van der Waals surface area contributed by atoms with E-state index in [-0.39, 0.29) is 24.7 Å². The first kappa shape index (κ1) is 15.5. The molecule has 110 valence electrons. The summed E-state index contributed by atoms with van der Waals surface area (Å²) in [5, 5.41) is 11.9. The van der Waals surface area contributed by atoms with E-state index in [0.29, 0.717) is 21.3 Å². The minimum atomic E-state index is -0.519. The molecule has 1 aromatic heterocycles. The molecule has 1 amide bonds. The number of amides is 1. The number of nitrogen functional groups attached to an aromatic ring is 1. The van der Waals surface area contributed by atoms with Crippen LogP contribution in [-0.4, -0.2) is 34.1 Å². The van der Waals surface area contributed by atoms with Crippen molar-refractivity contribution in [3.05, 3.63) is 40.1 Å². The lowest BCUT2D eigenvalue weighted by molar-refractivity contribution is 0.0940. The van der Waals surface area contributed by atoms with Gasteiger partial charge in [-0.1, -0.05) is 35.3 Å². The molecule has 1 aromatic carbocycles. The van der Waals surface area contributed by atoms with Crippen LogP contribution in [0.4, 0.5) is 5.82 Å². The summed E-state index contributed by atoms with van der Waals surface area (Å²) in [6, 6.07) is 5.07. The number of halogens is 2. The van der Waals surface area contributed by atoms with E-state index in [4.69, 9.17) is 34.0 Å². The number of aliphatic hydroxyl groups is 1. The quantitative estimate of drug-likeness (QED) is 0.794. The van der Waals surface area contributed by atoms with E-state index >= 15 is 0 Å². The van der Waals surface area contributed by atoms with Crippen molar-refractivity contribution in [3.63, 3.8) is 0 Å². The van der Waals surface area contributed by atoms with Crippen LogP contribution >= 0.6 is 23.2 Å². The van der Waals surface area contributed by atoms with E-state index in [1.54, 1.807) is 18.2 Å². The van der Waals surface area contributed by atoms with Crippen LogP contribution in [0, 0.1) is 0 Å². The van der Waals surface area contributed by atoms with Crippen molar-refractivity contribution in [2.24, 2.45) is 0 Å². The predicted molar refractivity (Wildman–Crippen MR) is 81.3 cm³/mol. The number of carbonyl (C=O) groups excluding carboxylic acids is 1. The van der Waals surface area contributed by atoms with Crippen molar-refractivity contribution in [1.29, 1.82) is 0 Å². The number of aliphatic hydroxyl groups excluding tert-OH is 1. The summed E-state index contributed by atoms with van der Waals surface area (Å²) in [5.74, 6) is -0.526. The topological polar surface area (TPSA) is 101 Å². The number of carbonyl (C=O) groups is 1. The third-order valence-electron chi connectivity index (χ3n) is 2.64. The van der Waals surface area contributed by atoms with Crippen molar-refractivity contribution in [2.45, 2.75) is 0 Å². The first-order valence-electron chi connectivity index (χ1n) is 6.00. The molecule has 0 radical (unpaired) electrons. The summed E-state index contributed by atoms with van der Waals surface area (Å²) >= 11 is 12.1. The van der Waals surface area contributed by atoms with Gasteiger partial charge in [-0.2, -0.15) is 0 Å². The number of hydrogen-bond acceptors (Lipinski definition) is 5. The zero-order chi connectivity index (χ0) is 15.4. The van der Waals surface area contributed by atoms with Gasteiger partial charge in [0.1, 0.15) is 0 Å². The highest BCUT2D eigenvalue weighted by molar-refractivity contribution is 6.43. The molecular formula is C13H12Cl2N4O2. The van der Waals surface area contributed by atoms with Crippen LogP contribution in [-0.2, 0) is 0 Å². The molecular weight excluding hydrogens is 315 g/mol. The Morgan fingerprint density at radius 3 is 2.86 bits per heavy atom. The largest absolute Gasteiger partial charge is 0.395 e. The lowest BCUT2D eigenvalue weighted by Crippen LogP contribution is -2.28. The lowest BCUT2D eigenvalue weighted by atomic mass is 10.1. The number of anilines is 1. The monoisotopic (exact) mass is 326 g/mol. The number of aromatic nitrogens is 2. The van der Waals surface area contributed by atoms with Gasteiger partial charge < -0.3 is 16.2 Å². The van der Waals surface area contributed by atoms with Gasteiger partial charge in [-0.15, -0.1) is 0 Å². The van der Waals surface area contributed by atoms with E-state index in [0.717, 1.165) is 0 Å². The molecule has 0 aliphatic rings. The minimum Gasteiger partial charge on any atom is -0.395 e. The minimum absolute atomic E-state index is 0.00709. The van der Waals surface area contributed by atoms with Crippen molar-refractivity contribution in [1.82, 2.24) is 15.3 Å². The molecule has 0 saturated heterocycles. The van der Waals surface area contributed by atoms with E-state index in [2.05, 4.69) is 15.3 Å². The summed E-state index contributed by atoms with van der Waals surface area (Å²) in [6.07, 6.45) is 1.41. The van der Waals surface area contributed by atoms with Crippen LogP contribution in [0.1, 0.15) is 10.5 Å². The average molecular weight is 327 g/mol. The number of benzene rings is 1. The second-order valence-corrected chi connectivity index (χ2v) is 4.86. The Balaban J connectivity index is 2.43. The highest BCUT2D eigenvalue weighted by atomic mass is 35.5. The van der Waals surface area contributed by atoms with Gasteiger partial charge in [0, 0.05) is 12.1 Å². The predicted octanol–water partition coefficient (Wildman–Crippen LogP) is 1.75. The van der Waals surface area contributed by atoms with Crippen LogP contribution in [0.2, 0.25) is 10.0 Å². The van der Waals surface area contributed by atoms with Crippen LogP contribution in [0.5, 0.6) is 0 Å². The van der Waals surface area contributed by atoms with Crippen molar-refractivity contribution in [3.8, 4) is 11.3 Å². The first-order chi connectivity index (χ1) is 10.0. The van der Waals surface area contributed by atoms with Crippen molar-refractivity contribution < 1.29 is 9.90 Å². The maximum atomic E-state index is 11.9. The molecule has 0 aliphatic carbocycles. The van der Waals surface area contributed by atoms with E-state index in [1.165, 1.54) is 6.20 Å². The smallest absolute Gasteiger partial charge is 0.273 e. The molecule has 8 heteroatoms. The van der Waals surface area contributed by atoms with Gasteiger partial charge in [0.25, 0.3) is 5.91 Å². The summed E-state index contributed by atoms with van der Waals surface area (Å²) in [6.45, 7) is -0.0824. The highest BCUT2D eigenvalue weighted by Crippen LogP contribution is 2.32. The van der Waals surface area contributed by atoms with Gasteiger partial charge in [-0.3, -0.25) is 4.79 Å². The van der Waals surface area contributed by atoms with E-state index in [9.17, 15) is 4.79 Å². The number of nitrogens with two attached hydrogens (primary N) is 1. The first-order valence-corrected chi connectivity index (χ1v) is 6.76. The molecule has 2 rings (SSSR count). The number of hydrogen-bond donors (Lipinski definition) is 3. The van der Waals surface area contributed by atoms with Gasteiger partial charge in [-0.05, 0) is 6.07 Å². The Hall–Kier alpha value is -1.89. The maximum absolute atomic E-state index is 11.9. The molecule has 0 fully saturated rings. The molecule has 0 atom stereocenters. The van der Waals surface area contributed by atoms with Crippen molar-refractivity contribution >= 4 is 34.9 Å². The fourth-order valence-electron chi connectivity index (χ4n) is 1.65. The number of nitrogens with one attached hydrogen (secondary N) is 1.